The summed E-state index contributed by atoms with van der Waals surface area (Å²) >= 11 is 0. The Morgan fingerprint density at radius 2 is 1.83 bits per heavy atom. The van der Waals surface area contributed by atoms with Crippen molar-refractivity contribution in [2.24, 2.45) is 10.9 Å². The number of likely N-dealkylation sites (N-methyl/N-ethyl adjacent to an activating group) is 2. The molecule has 1 aromatic carbocycles. The molecule has 0 aliphatic carbocycles. The monoisotopic (exact) mass is 530 g/mol. The molecule has 1 heterocycles. The van der Waals surface area contributed by atoms with E-state index in [1.54, 1.807) is 0 Å². The van der Waals surface area contributed by atoms with Crippen LogP contribution in [0.25, 0.3) is 0 Å². The van der Waals surface area contributed by atoms with Crippen LogP contribution in [-0.2, 0) is 0 Å². The second-order valence-electron chi connectivity index (χ2n) is 8.14. The van der Waals surface area contributed by atoms with E-state index in [-0.39, 0.29) is 24.0 Å². The van der Waals surface area contributed by atoms with E-state index in [0.29, 0.717) is 5.92 Å². The molecule has 172 valence electrons. The fraction of sp³-hybridized carbons (Fsp3) is 0.696. The maximum Gasteiger partial charge on any atom is 0.191 e. The number of guanidine groups is 1. The fourth-order valence-corrected chi connectivity index (χ4v) is 3.89. The summed E-state index contributed by atoms with van der Waals surface area (Å²) in [5.74, 6) is 1.49. The van der Waals surface area contributed by atoms with E-state index in [0.717, 1.165) is 38.7 Å². The highest BCUT2D eigenvalue weighted by Crippen LogP contribution is 2.15. The highest BCUT2D eigenvalue weighted by atomic mass is 127. The Labute approximate surface area is 201 Å². The smallest absolute Gasteiger partial charge is 0.191 e. The molecule has 2 N–H and O–H groups in total. The number of nitrogens with one attached hydrogen (secondary N) is 2. The summed E-state index contributed by atoms with van der Waals surface area (Å²) < 4.78 is 0. The van der Waals surface area contributed by atoms with Crippen LogP contribution >= 0.6 is 24.0 Å². The number of benzene rings is 1. The number of halogens is 1. The van der Waals surface area contributed by atoms with Crippen molar-refractivity contribution in [3.63, 3.8) is 0 Å². The summed E-state index contributed by atoms with van der Waals surface area (Å²) in [6, 6.07) is 8.71. The number of piperazine rings is 1. The number of rotatable bonds is 10. The highest BCUT2D eigenvalue weighted by molar-refractivity contribution is 14.0. The van der Waals surface area contributed by atoms with Crippen molar-refractivity contribution in [3.05, 3.63) is 29.8 Å². The third-order valence-corrected chi connectivity index (χ3v) is 5.75. The lowest BCUT2D eigenvalue weighted by molar-refractivity contribution is 0.124. The number of aryl methyl sites for hydroxylation is 1. The first kappa shape index (κ1) is 27.0. The van der Waals surface area contributed by atoms with Gasteiger partial charge in [0.25, 0.3) is 0 Å². The van der Waals surface area contributed by atoms with Crippen LogP contribution in [0.4, 0.5) is 5.69 Å². The van der Waals surface area contributed by atoms with E-state index in [4.69, 9.17) is 0 Å². The van der Waals surface area contributed by atoms with Gasteiger partial charge in [0, 0.05) is 71.6 Å². The molecule has 1 atom stereocenters. The molecule has 0 radical (unpaired) electrons. The Kier molecular flexibility index (Phi) is 13.4. The minimum Gasteiger partial charge on any atom is -0.370 e. The van der Waals surface area contributed by atoms with Crippen molar-refractivity contribution in [1.29, 1.82) is 0 Å². The van der Waals surface area contributed by atoms with E-state index in [1.165, 1.54) is 44.0 Å². The van der Waals surface area contributed by atoms with Gasteiger partial charge in [-0.2, -0.15) is 0 Å². The molecule has 30 heavy (non-hydrogen) atoms. The second-order valence-corrected chi connectivity index (χ2v) is 8.14. The molecule has 1 aliphatic heterocycles. The van der Waals surface area contributed by atoms with Gasteiger partial charge >= 0.3 is 0 Å². The van der Waals surface area contributed by atoms with E-state index in [9.17, 15) is 0 Å². The number of hydrogen-bond donors (Lipinski definition) is 2. The summed E-state index contributed by atoms with van der Waals surface area (Å²) in [6.45, 7) is 19.8. The minimum absolute atomic E-state index is 0. The molecule has 0 amide bonds. The Morgan fingerprint density at radius 1 is 1.13 bits per heavy atom. The third-order valence-electron chi connectivity index (χ3n) is 5.75. The maximum atomic E-state index is 4.39. The second kappa shape index (κ2) is 14.9. The highest BCUT2D eigenvalue weighted by Gasteiger charge is 2.17. The Morgan fingerprint density at radius 3 is 2.43 bits per heavy atom. The van der Waals surface area contributed by atoms with Gasteiger partial charge in [0.05, 0.1) is 0 Å². The summed E-state index contributed by atoms with van der Waals surface area (Å²) in [5.41, 5.74) is 2.59. The van der Waals surface area contributed by atoms with Crippen LogP contribution in [0.5, 0.6) is 0 Å². The number of nitrogens with zero attached hydrogens (tertiary/aromatic N) is 4. The predicted molar refractivity (Wildman–Crippen MR) is 142 cm³/mol. The summed E-state index contributed by atoms with van der Waals surface area (Å²) in [7, 11) is 1.85. The average Bonchev–Trinajstić information content (AvgIpc) is 2.74. The fourth-order valence-electron chi connectivity index (χ4n) is 3.89. The minimum atomic E-state index is 0. The summed E-state index contributed by atoms with van der Waals surface area (Å²) in [5, 5.41) is 6.97. The molecule has 1 aromatic rings. The standard InChI is InChI=1S/C23H42N6.HI/c1-6-27-13-15-28(16-14-27)19-21(4)18-26-23(24-5)25-11-12-29(7-2)22-10-8-9-20(3)17-22;/h8-10,17,21H,6-7,11-16,18-19H2,1-5H3,(H2,24,25,26);1H. The van der Waals surface area contributed by atoms with Gasteiger partial charge in [-0.3, -0.25) is 4.99 Å². The number of anilines is 1. The lowest BCUT2D eigenvalue weighted by Crippen LogP contribution is -2.49. The molecule has 6 nitrogen and oxygen atoms in total. The molecule has 1 saturated heterocycles. The van der Waals surface area contributed by atoms with Gasteiger partial charge in [-0.25, -0.2) is 0 Å². The number of hydrogen-bond acceptors (Lipinski definition) is 4. The molecule has 0 aromatic heterocycles. The van der Waals surface area contributed by atoms with Crippen molar-refractivity contribution in [2.75, 3.05) is 77.4 Å². The van der Waals surface area contributed by atoms with Crippen molar-refractivity contribution in [1.82, 2.24) is 20.4 Å². The third kappa shape index (κ3) is 9.39. The predicted octanol–water partition coefficient (Wildman–Crippen LogP) is 2.88. The molecular formula is C23H43IN6. The van der Waals surface area contributed by atoms with Crippen LogP contribution in [0.2, 0.25) is 0 Å². The molecule has 1 aliphatic rings. The molecule has 1 unspecified atom stereocenters. The molecule has 2 rings (SSSR count). The zero-order chi connectivity index (χ0) is 21.1. The quantitative estimate of drug-likeness (QED) is 0.277. The lowest BCUT2D eigenvalue weighted by atomic mass is 10.1. The van der Waals surface area contributed by atoms with Gasteiger partial charge in [-0.05, 0) is 44.0 Å². The molecular weight excluding hydrogens is 487 g/mol. The molecule has 0 bridgehead atoms. The zero-order valence-corrected chi connectivity index (χ0v) is 22.0. The Hall–Kier alpha value is -1.06. The van der Waals surface area contributed by atoms with Gasteiger partial charge in [-0.15, -0.1) is 24.0 Å². The SMILES string of the molecule is CCN1CCN(CC(C)CNC(=NC)NCCN(CC)c2cccc(C)c2)CC1.I. The Balaban J connectivity index is 0.00000450. The molecule has 0 saturated carbocycles. The first-order valence-corrected chi connectivity index (χ1v) is 11.3. The van der Waals surface area contributed by atoms with Crippen molar-refractivity contribution >= 4 is 35.6 Å². The number of aliphatic imine (C=N–C) groups is 1. The molecule has 0 spiro atoms. The van der Waals surface area contributed by atoms with Crippen LogP contribution in [0.3, 0.4) is 0 Å². The molecule has 1 fully saturated rings. The van der Waals surface area contributed by atoms with Crippen molar-refractivity contribution in [3.8, 4) is 0 Å². The molecule has 7 heteroatoms. The first-order valence-electron chi connectivity index (χ1n) is 11.3. The normalized spacial score (nSPS) is 16.6. The van der Waals surface area contributed by atoms with Gasteiger partial charge in [-0.1, -0.05) is 26.0 Å². The van der Waals surface area contributed by atoms with Gasteiger partial charge in [0.15, 0.2) is 5.96 Å². The Bertz CT molecular complexity index is 615. The van der Waals surface area contributed by atoms with Crippen LogP contribution in [0.1, 0.15) is 26.3 Å². The largest absolute Gasteiger partial charge is 0.370 e. The van der Waals surface area contributed by atoms with Crippen LogP contribution in [0, 0.1) is 12.8 Å². The van der Waals surface area contributed by atoms with Crippen LogP contribution in [0.15, 0.2) is 29.3 Å². The topological polar surface area (TPSA) is 46.1 Å². The maximum absolute atomic E-state index is 4.39. The van der Waals surface area contributed by atoms with Crippen LogP contribution in [-0.4, -0.2) is 88.3 Å². The van der Waals surface area contributed by atoms with E-state index in [2.05, 4.69) is 82.3 Å². The van der Waals surface area contributed by atoms with Crippen molar-refractivity contribution in [2.45, 2.75) is 27.7 Å². The van der Waals surface area contributed by atoms with E-state index in [1.807, 2.05) is 7.05 Å². The average molecular weight is 531 g/mol. The van der Waals surface area contributed by atoms with Gasteiger partial charge in [0.1, 0.15) is 0 Å². The van der Waals surface area contributed by atoms with Gasteiger partial charge in [0.2, 0.25) is 0 Å². The summed E-state index contributed by atoms with van der Waals surface area (Å²) in [6.07, 6.45) is 0. The zero-order valence-electron chi connectivity index (χ0n) is 19.7. The van der Waals surface area contributed by atoms with Crippen molar-refractivity contribution < 1.29 is 0 Å². The van der Waals surface area contributed by atoms with E-state index < -0.39 is 0 Å². The summed E-state index contributed by atoms with van der Waals surface area (Å²) in [4.78, 5) is 11.9. The lowest BCUT2D eigenvalue weighted by Gasteiger charge is -2.35. The van der Waals surface area contributed by atoms with Gasteiger partial charge < -0.3 is 25.3 Å². The van der Waals surface area contributed by atoms with Crippen LogP contribution < -0.4 is 15.5 Å². The first-order chi connectivity index (χ1) is 14.0. The van der Waals surface area contributed by atoms with E-state index >= 15 is 0 Å².